The summed E-state index contributed by atoms with van der Waals surface area (Å²) < 4.78 is 5.33. The summed E-state index contributed by atoms with van der Waals surface area (Å²) in [6.45, 7) is 2.12. The van der Waals surface area contributed by atoms with Gasteiger partial charge >= 0.3 is 0 Å². The SMILES string of the molecule is COc1ccccc1Nc1nc(N)nc(CSCc2ccccc2C)n1. The number of nitrogens with one attached hydrogen (secondary N) is 1. The summed E-state index contributed by atoms with van der Waals surface area (Å²) in [6, 6.07) is 15.9. The van der Waals surface area contributed by atoms with E-state index in [9.17, 15) is 0 Å². The van der Waals surface area contributed by atoms with Gasteiger partial charge in [-0.3, -0.25) is 0 Å². The number of nitrogen functional groups attached to an aromatic ring is 1. The molecule has 0 aliphatic heterocycles. The van der Waals surface area contributed by atoms with Crippen LogP contribution in [0.15, 0.2) is 48.5 Å². The predicted molar refractivity (Wildman–Crippen MR) is 107 cm³/mol. The van der Waals surface area contributed by atoms with E-state index in [1.54, 1.807) is 18.9 Å². The minimum Gasteiger partial charge on any atom is -0.495 e. The molecule has 0 amide bonds. The number of anilines is 3. The van der Waals surface area contributed by atoms with Gasteiger partial charge in [0.1, 0.15) is 11.6 Å². The molecule has 0 fully saturated rings. The van der Waals surface area contributed by atoms with Crippen LogP contribution in [0.4, 0.5) is 17.6 Å². The van der Waals surface area contributed by atoms with Crippen molar-refractivity contribution in [2.45, 2.75) is 18.4 Å². The lowest BCUT2D eigenvalue weighted by molar-refractivity contribution is 0.417. The number of nitrogens with two attached hydrogens (primary N) is 1. The number of hydrogen-bond donors (Lipinski definition) is 2. The Hall–Kier alpha value is -2.80. The zero-order valence-corrected chi connectivity index (χ0v) is 15.6. The highest BCUT2D eigenvalue weighted by molar-refractivity contribution is 7.97. The fraction of sp³-hybridized carbons (Fsp3) is 0.211. The number of aryl methyl sites for hydroxylation is 1. The Balaban J connectivity index is 1.68. The molecule has 1 heterocycles. The molecule has 0 saturated heterocycles. The third-order valence-corrected chi connectivity index (χ3v) is 4.78. The molecule has 0 spiro atoms. The summed E-state index contributed by atoms with van der Waals surface area (Å²) in [5.41, 5.74) is 9.22. The van der Waals surface area contributed by atoms with Gasteiger partial charge in [0.15, 0.2) is 0 Å². The Bertz CT molecular complexity index is 887. The Morgan fingerprint density at radius 1 is 1.00 bits per heavy atom. The molecule has 3 N–H and O–H groups in total. The van der Waals surface area contributed by atoms with Crippen LogP contribution >= 0.6 is 11.8 Å². The normalized spacial score (nSPS) is 10.5. The van der Waals surface area contributed by atoms with Crippen molar-refractivity contribution in [2.75, 3.05) is 18.2 Å². The molecule has 3 rings (SSSR count). The van der Waals surface area contributed by atoms with Crippen LogP contribution in [0.3, 0.4) is 0 Å². The molecule has 0 saturated carbocycles. The summed E-state index contributed by atoms with van der Waals surface area (Å²) in [5.74, 6) is 3.52. The number of nitrogens with zero attached hydrogens (tertiary/aromatic N) is 3. The van der Waals surface area contributed by atoms with Gasteiger partial charge in [-0.2, -0.15) is 15.0 Å². The molecule has 2 aromatic carbocycles. The second kappa shape index (κ2) is 8.53. The molecular formula is C19H21N5OS. The molecule has 0 aliphatic carbocycles. The third kappa shape index (κ3) is 4.64. The Labute approximate surface area is 157 Å². The number of benzene rings is 2. The molecule has 134 valence electrons. The van der Waals surface area contributed by atoms with Gasteiger partial charge in [0.2, 0.25) is 11.9 Å². The first-order valence-electron chi connectivity index (χ1n) is 8.18. The Morgan fingerprint density at radius 2 is 1.77 bits per heavy atom. The van der Waals surface area contributed by atoms with Crippen LogP contribution in [0.5, 0.6) is 5.75 Å². The van der Waals surface area contributed by atoms with E-state index >= 15 is 0 Å². The van der Waals surface area contributed by atoms with Gasteiger partial charge in [-0.15, -0.1) is 11.8 Å². The van der Waals surface area contributed by atoms with E-state index in [0.29, 0.717) is 23.3 Å². The van der Waals surface area contributed by atoms with Crippen LogP contribution in [-0.2, 0) is 11.5 Å². The number of rotatable bonds is 7. The van der Waals surface area contributed by atoms with E-state index in [4.69, 9.17) is 10.5 Å². The number of aromatic nitrogens is 3. The first-order chi connectivity index (χ1) is 12.7. The van der Waals surface area contributed by atoms with Crippen molar-refractivity contribution in [3.8, 4) is 5.75 Å². The smallest absolute Gasteiger partial charge is 0.232 e. The standard InChI is InChI=1S/C19H21N5OS/c1-13-7-3-4-8-14(13)11-26-12-17-22-18(20)24-19(23-17)21-15-9-5-6-10-16(15)25-2/h3-10H,11-12H2,1-2H3,(H3,20,21,22,23,24). The van der Waals surface area contributed by atoms with Gasteiger partial charge in [-0.05, 0) is 30.2 Å². The maximum Gasteiger partial charge on any atom is 0.232 e. The highest BCUT2D eigenvalue weighted by Crippen LogP contribution is 2.26. The van der Waals surface area contributed by atoms with Crippen molar-refractivity contribution >= 4 is 29.3 Å². The quantitative estimate of drug-likeness (QED) is 0.654. The molecule has 0 atom stereocenters. The van der Waals surface area contributed by atoms with Crippen LogP contribution in [0.25, 0.3) is 0 Å². The molecule has 6 nitrogen and oxygen atoms in total. The number of para-hydroxylation sites is 2. The van der Waals surface area contributed by atoms with Gasteiger partial charge in [0.05, 0.1) is 18.6 Å². The first kappa shape index (κ1) is 18.0. The Kier molecular flexibility index (Phi) is 5.91. The fourth-order valence-electron chi connectivity index (χ4n) is 2.45. The van der Waals surface area contributed by atoms with Gasteiger partial charge in [0, 0.05) is 5.75 Å². The van der Waals surface area contributed by atoms with Crippen molar-refractivity contribution < 1.29 is 4.74 Å². The average Bonchev–Trinajstić information content (AvgIpc) is 2.63. The molecular weight excluding hydrogens is 346 g/mol. The summed E-state index contributed by atoms with van der Waals surface area (Å²) in [4.78, 5) is 12.9. The topological polar surface area (TPSA) is 86.0 Å². The molecule has 26 heavy (non-hydrogen) atoms. The van der Waals surface area contributed by atoms with E-state index < -0.39 is 0 Å². The second-order valence-electron chi connectivity index (χ2n) is 5.68. The van der Waals surface area contributed by atoms with Crippen molar-refractivity contribution in [3.05, 3.63) is 65.5 Å². The molecule has 0 radical (unpaired) electrons. The first-order valence-corrected chi connectivity index (χ1v) is 9.34. The zero-order valence-electron chi connectivity index (χ0n) is 14.8. The van der Waals surface area contributed by atoms with E-state index in [2.05, 4.69) is 45.4 Å². The molecule has 0 unspecified atom stereocenters. The van der Waals surface area contributed by atoms with E-state index in [-0.39, 0.29) is 5.95 Å². The van der Waals surface area contributed by atoms with E-state index in [1.165, 1.54) is 11.1 Å². The largest absolute Gasteiger partial charge is 0.495 e. The van der Waals surface area contributed by atoms with Gasteiger partial charge in [0.25, 0.3) is 0 Å². The van der Waals surface area contributed by atoms with Gasteiger partial charge < -0.3 is 15.8 Å². The lowest BCUT2D eigenvalue weighted by atomic mass is 10.1. The molecule has 0 bridgehead atoms. The minimum absolute atomic E-state index is 0.198. The van der Waals surface area contributed by atoms with Crippen molar-refractivity contribution in [2.24, 2.45) is 0 Å². The molecule has 7 heteroatoms. The van der Waals surface area contributed by atoms with E-state index in [0.717, 1.165) is 11.4 Å². The summed E-state index contributed by atoms with van der Waals surface area (Å²) in [5, 5.41) is 3.15. The highest BCUT2D eigenvalue weighted by atomic mass is 32.2. The van der Waals surface area contributed by atoms with Crippen molar-refractivity contribution in [3.63, 3.8) is 0 Å². The predicted octanol–water partition coefficient (Wildman–Crippen LogP) is 3.95. The minimum atomic E-state index is 0.198. The second-order valence-corrected chi connectivity index (χ2v) is 6.66. The van der Waals surface area contributed by atoms with Gasteiger partial charge in [-0.25, -0.2) is 0 Å². The lowest BCUT2D eigenvalue weighted by Crippen LogP contribution is -2.07. The van der Waals surface area contributed by atoms with Gasteiger partial charge in [-0.1, -0.05) is 36.4 Å². The maximum atomic E-state index is 5.85. The molecule has 3 aromatic rings. The summed E-state index contributed by atoms with van der Waals surface area (Å²) >= 11 is 1.74. The van der Waals surface area contributed by atoms with Crippen LogP contribution in [0, 0.1) is 6.92 Å². The Morgan fingerprint density at radius 3 is 2.58 bits per heavy atom. The van der Waals surface area contributed by atoms with Crippen molar-refractivity contribution in [1.82, 2.24) is 15.0 Å². The van der Waals surface area contributed by atoms with Crippen LogP contribution < -0.4 is 15.8 Å². The highest BCUT2D eigenvalue weighted by Gasteiger charge is 2.08. The number of hydrogen-bond acceptors (Lipinski definition) is 7. The summed E-state index contributed by atoms with van der Waals surface area (Å²) in [7, 11) is 1.62. The molecule has 0 aliphatic rings. The van der Waals surface area contributed by atoms with Crippen LogP contribution in [0.2, 0.25) is 0 Å². The number of ether oxygens (including phenoxy) is 1. The summed E-state index contributed by atoms with van der Waals surface area (Å²) in [6.07, 6.45) is 0. The fourth-order valence-corrected chi connectivity index (χ4v) is 3.41. The van der Waals surface area contributed by atoms with Crippen molar-refractivity contribution in [1.29, 1.82) is 0 Å². The average molecular weight is 367 g/mol. The maximum absolute atomic E-state index is 5.85. The lowest BCUT2D eigenvalue weighted by Gasteiger charge is -2.10. The zero-order chi connectivity index (χ0) is 18.4. The van der Waals surface area contributed by atoms with E-state index in [1.807, 2.05) is 30.3 Å². The number of methoxy groups -OCH3 is 1. The monoisotopic (exact) mass is 367 g/mol. The van der Waals surface area contributed by atoms with Crippen LogP contribution in [-0.4, -0.2) is 22.1 Å². The molecule has 1 aromatic heterocycles. The number of thioether (sulfide) groups is 1. The third-order valence-electron chi connectivity index (χ3n) is 3.80. The van der Waals surface area contributed by atoms with Crippen LogP contribution in [0.1, 0.15) is 17.0 Å².